The van der Waals surface area contributed by atoms with Gasteiger partial charge < -0.3 is 4.74 Å². The molecule has 4 nitrogen and oxygen atoms in total. The summed E-state index contributed by atoms with van der Waals surface area (Å²) in [5, 5.41) is 7.69. The minimum absolute atomic E-state index is 0.0648. The summed E-state index contributed by atoms with van der Waals surface area (Å²) < 4.78 is 31.0. The molecule has 0 aliphatic rings. The SMILES string of the molecule is Cc1c(Br)cc(OC(F)F)c2c1nnn2C. The Kier molecular flexibility index (Phi) is 2.79. The molecule has 0 radical (unpaired) electrons. The van der Waals surface area contributed by atoms with Crippen LogP contribution in [0.15, 0.2) is 10.5 Å². The van der Waals surface area contributed by atoms with E-state index in [0.29, 0.717) is 15.5 Å². The van der Waals surface area contributed by atoms with E-state index in [9.17, 15) is 8.78 Å². The minimum atomic E-state index is -2.87. The van der Waals surface area contributed by atoms with Crippen LogP contribution in [0.5, 0.6) is 5.75 Å². The number of alkyl halides is 2. The number of hydrogen-bond donors (Lipinski definition) is 0. The van der Waals surface area contributed by atoms with E-state index in [0.717, 1.165) is 5.56 Å². The molecule has 0 fully saturated rings. The Morgan fingerprint density at radius 3 is 2.81 bits per heavy atom. The molecule has 0 bridgehead atoms. The minimum Gasteiger partial charge on any atom is -0.432 e. The van der Waals surface area contributed by atoms with Gasteiger partial charge in [-0.05, 0) is 18.6 Å². The predicted octanol–water partition coefficient (Wildman–Crippen LogP) is 2.64. The summed E-state index contributed by atoms with van der Waals surface area (Å²) in [7, 11) is 1.63. The summed E-state index contributed by atoms with van der Waals surface area (Å²) in [4.78, 5) is 0. The Morgan fingerprint density at radius 2 is 2.19 bits per heavy atom. The van der Waals surface area contributed by atoms with E-state index in [1.165, 1.54) is 10.7 Å². The van der Waals surface area contributed by atoms with E-state index in [4.69, 9.17) is 0 Å². The quantitative estimate of drug-likeness (QED) is 0.854. The number of fused-ring (bicyclic) bond motifs is 1. The molecular weight excluding hydrogens is 284 g/mol. The first kappa shape index (κ1) is 11.3. The van der Waals surface area contributed by atoms with Gasteiger partial charge in [-0.3, -0.25) is 0 Å². The van der Waals surface area contributed by atoms with Crippen molar-refractivity contribution in [3.8, 4) is 5.75 Å². The lowest BCUT2D eigenvalue weighted by Crippen LogP contribution is -2.04. The maximum Gasteiger partial charge on any atom is 0.387 e. The van der Waals surface area contributed by atoms with Crippen molar-refractivity contribution in [1.82, 2.24) is 15.0 Å². The molecule has 0 aliphatic heterocycles. The number of hydrogen-bond acceptors (Lipinski definition) is 3. The topological polar surface area (TPSA) is 39.9 Å². The van der Waals surface area contributed by atoms with Crippen LogP contribution in [0, 0.1) is 6.92 Å². The molecule has 16 heavy (non-hydrogen) atoms. The molecule has 0 saturated heterocycles. The highest BCUT2D eigenvalue weighted by Crippen LogP contribution is 2.33. The molecule has 86 valence electrons. The van der Waals surface area contributed by atoms with Crippen molar-refractivity contribution in [2.24, 2.45) is 7.05 Å². The van der Waals surface area contributed by atoms with Crippen molar-refractivity contribution >= 4 is 27.0 Å². The predicted molar refractivity (Wildman–Crippen MR) is 57.6 cm³/mol. The monoisotopic (exact) mass is 291 g/mol. The van der Waals surface area contributed by atoms with Crippen molar-refractivity contribution in [2.45, 2.75) is 13.5 Å². The van der Waals surface area contributed by atoms with E-state index in [1.807, 2.05) is 6.92 Å². The van der Waals surface area contributed by atoms with Gasteiger partial charge in [0.25, 0.3) is 0 Å². The van der Waals surface area contributed by atoms with Crippen LogP contribution in [-0.2, 0) is 7.05 Å². The molecule has 1 aromatic carbocycles. The second-order valence-corrected chi connectivity index (χ2v) is 4.12. The fourth-order valence-electron chi connectivity index (χ4n) is 1.48. The highest BCUT2D eigenvalue weighted by molar-refractivity contribution is 9.10. The highest BCUT2D eigenvalue weighted by atomic mass is 79.9. The third kappa shape index (κ3) is 1.75. The van der Waals surface area contributed by atoms with Crippen LogP contribution in [0.1, 0.15) is 5.56 Å². The number of aromatic nitrogens is 3. The van der Waals surface area contributed by atoms with Crippen LogP contribution in [-0.4, -0.2) is 21.6 Å². The maximum atomic E-state index is 12.2. The van der Waals surface area contributed by atoms with Crippen LogP contribution in [0.2, 0.25) is 0 Å². The smallest absolute Gasteiger partial charge is 0.387 e. The summed E-state index contributed by atoms with van der Waals surface area (Å²) in [6.07, 6.45) is 0. The second kappa shape index (κ2) is 3.97. The fourth-order valence-corrected chi connectivity index (χ4v) is 1.87. The van der Waals surface area contributed by atoms with Gasteiger partial charge >= 0.3 is 6.61 Å². The summed E-state index contributed by atoms with van der Waals surface area (Å²) in [5.74, 6) is 0.0648. The van der Waals surface area contributed by atoms with Gasteiger partial charge in [-0.1, -0.05) is 21.1 Å². The second-order valence-electron chi connectivity index (χ2n) is 3.27. The zero-order chi connectivity index (χ0) is 11.9. The van der Waals surface area contributed by atoms with Crippen LogP contribution >= 0.6 is 15.9 Å². The molecular formula is C9H8BrF2N3O. The highest BCUT2D eigenvalue weighted by Gasteiger charge is 2.16. The normalized spacial score (nSPS) is 11.4. The molecule has 0 saturated carbocycles. The lowest BCUT2D eigenvalue weighted by atomic mass is 10.2. The number of ether oxygens (including phenoxy) is 1. The number of benzene rings is 1. The van der Waals surface area contributed by atoms with Crippen molar-refractivity contribution in [3.63, 3.8) is 0 Å². The zero-order valence-electron chi connectivity index (χ0n) is 8.54. The van der Waals surface area contributed by atoms with E-state index in [-0.39, 0.29) is 5.75 Å². The zero-order valence-corrected chi connectivity index (χ0v) is 10.1. The lowest BCUT2D eigenvalue weighted by molar-refractivity contribution is -0.0490. The van der Waals surface area contributed by atoms with Gasteiger partial charge in [0, 0.05) is 11.5 Å². The van der Waals surface area contributed by atoms with Crippen molar-refractivity contribution in [2.75, 3.05) is 0 Å². The number of halogens is 3. The van der Waals surface area contributed by atoms with Crippen molar-refractivity contribution in [3.05, 3.63) is 16.1 Å². The van der Waals surface area contributed by atoms with Crippen molar-refractivity contribution in [1.29, 1.82) is 0 Å². The molecule has 0 unspecified atom stereocenters. The third-order valence-corrected chi connectivity index (χ3v) is 3.07. The molecule has 0 amide bonds. The Bertz CT molecular complexity index is 541. The van der Waals surface area contributed by atoms with Crippen LogP contribution < -0.4 is 4.74 Å². The first-order chi connectivity index (χ1) is 7.50. The summed E-state index contributed by atoms with van der Waals surface area (Å²) >= 11 is 3.26. The third-order valence-electron chi connectivity index (χ3n) is 2.25. The van der Waals surface area contributed by atoms with Crippen molar-refractivity contribution < 1.29 is 13.5 Å². The van der Waals surface area contributed by atoms with Gasteiger partial charge in [0.15, 0.2) is 5.75 Å². The standard InChI is InChI=1S/C9H8BrF2N3O/c1-4-5(10)3-6(16-9(11)12)8-7(4)13-14-15(8)2/h3,9H,1-2H3. The number of rotatable bonds is 2. The van der Waals surface area contributed by atoms with E-state index >= 15 is 0 Å². The van der Waals surface area contributed by atoms with E-state index in [1.54, 1.807) is 7.05 Å². The van der Waals surface area contributed by atoms with Gasteiger partial charge in [-0.15, -0.1) is 5.10 Å². The average Bonchev–Trinajstić information content (AvgIpc) is 2.56. The Morgan fingerprint density at radius 1 is 1.50 bits per heavy atom. The Balaban J connectivity index is 2.72. The lowest BCUT2D eigenvalue weighted by Gasteiger charge is -2.08. The van der Waals surface area contributed by atoms with Gasteiger partial charge in [0.2, 0.25) is 0 Å². The van der Waals surface area contributed by atoms with E-state index < -0.39 is 6.61 Å². The molecule has 0 atom stereocenters. The molecule has 0 N–H and O–H groups in total. The molecule has 7 heteroatoms. The largest absolute Gasteiger partial charge is 0.432 e. The fraction of sp³-hybridized carbons (Fsp3) is 0.333. The van der Waals surface area contributed by atoms with E-state index in [2.05, 4.69) is 31.0 Å². The molecule has 2 aromatic rings. The van der Waals surface area contributed by atoms with Crippen LogP contribution in [0.25, 0.3) is 11.0 Å². The number of aryl methyl sites for hydroxylation is 2. The number of nitrogens with zero attached hydrogens (tertiary/aromatic N) is 3. The molecule has 0 aliphatic carbocycles. The first-order valence-corrected chi connectivity index (χ1v) is 5.23. The first-order valence-electron chi connectivity index (χ1n) is 4.44. The van der Waals surface area contributed by atoms with Gasteiger partial charge in [0.05, 0.1) is 0 Å². The molecule has 1 heterocycles. The maximum absolute atomic E-state index is 12.2. The average molecular weight is 292 g/mol. The summed E-state index contributed by atoms with van der Waals surface area (Å²) in [6.45, 7) is -1.04. The van der Waals surface area contributed by atoms with Gasteiger partial charge in [-0.2, -0.15) is 8.78 Å². The summed E-state index contributed by atoms with van der Waals surface area (Å²) in [5.41, 5.74) is 1.85. The summed E-state index contributed by atoms with van der Waals surface area (Å²) in [6, 6.07) is 1.49. The van der Waals surface area contributed by atoms with Gasteiger partial charge in [-0.25, -0.2) is 4.68 Å². The Hall–Kier alpha value is -1.24. The molecule has 0 spiro atoms. The van der Waals surface area contributed by atoms with Crippen LogP contribution in [0.3, 0.4) is 0 Å². The Labute approximate surface area is 98.3 Å². The van der Waals surface area contributed by atoms with Gasteiger partial charge in [0.1, 0.15) is 11.0 Å². The molecule has 1 aromatic heterocycles. The molecule has 2 rings (SSSR count). The van der Waals surface area contributed by atoms with Crippen LogP contribution in [0.4, 0.5) is 8.78 Å².